The summed E-state index contributed by atoms with van der Waals surface area (Å²) < 4.78 is 7.80. The van der Waals surface area contributed by atoms with Crippen LogP contribution < -0.4 is 15.4 Å². The quantitative estimate of drug-likeness (QED) is 0.650. The van der Waals surface area contributed by atoms with Gasteiger partial charge in [-0.1, -0.05) is 12.1 Å². The van der Waals surface area contributed by atoms with Crippen LogP contribution in [-0.4, -0.2) is 52.4 Å². The fourth-order valence-corrected chi connectivity index (χ4v) is 4.44. The predicted octanol–water partition coefficient (Wildman–Crippen LogP) is 1.85. The molecular formula is C19H21BrN4O4. The normalized spacial score (nSPS) is 24.0. The Kier molecular flexibility index (Phi) is 4.80. The number of nitrogens with one attached hydrogen (secondary N) is 2. The van der Waals surface area contributed by atoms with Gasteiger partial charge in [0.1, 0.15) is 11.4 Å². The number of carbonyl (C=O) groups excluding carboxylic acids is 2. The molecule has 0 saturated carbocycles. The maximum absolute atomic E-state index is 12.4. The maximum atomic E-state index is 12.4. The third-order valence-corrected chi connectivity index (χ3v) is 5.94. The molecule has 4 rings (SSSR count). The molecule has 2 aromatic rings. The van der Waals surface area contributed by atoms with E-state index in [2.05, 4.69) is 26.6 Å². The van der Waals surface area contributed by atoms with E-state index >= 15 is 0 Å². The fraction of sp³-hybridized carbons (Fsp3) is 0.368. The molecule has 0 radical (unpaired) electrons. The van der Waals surface area contributed by atoms with E-state index in [0.717, 1.165) is 15.9 Å². The Morgan fingerprint density at radius 3 is 2.68 bits per heavy atom. The number of fused-ring (bicyclic) bond motifs is 1. The molecule has 2 unspecified atom stereocenters. The molecule has 148 valence electrons. The van der Waals surface area contributed by atoms with E-state index in [4.69, 9.17) is 4.74 Å². The molecule has 1 aromatic heterocycles. The van der Waals surface area contributed by atoms with Crippen LogP contribution in [-0.2, 0) is 6.54 Å². The van der Waals surface area contributed by atoms with Crippen LogP contribution in [0.25, 0.3) is 0 Å². The predicted molar refractivity (Wildman–Crippen MR) is 105 cm³/mol. The molecule has 1 aromatic carbocycles. The van der Waals surface area contributed by atoms with Gasteiger partial charge in [-0.2, -0.15) is 0 Å². The molecule has 2 atom stereocenters. The number of ether oxygens (including phenoxy) is 1. The van der Waals surface area contributed by atoms with Crippen LogP contribution in [0.5, 0.6) is 5.75 Å². The summed E-state index contributed by atoms with van der Waals surface area (Å²) in [6, 6.07) is 10.4. The van der Waals surface area contributed by atoms with Crippen LogP contribution in [0.4, 0.5) is 4.79 Å². The van der Waals surface area contributed by atoms with Crippen molar-refractivity contribution in [1.82, 2.24) is 20.1 Å². The molecule has 0 spiro atoms. The zero-order chi connectivity index (χ0) is 19.9. The van der Waals surface area contributed by atoms with E-state index in [9.17, 15) is 14.7 Å². The van der Waals surface area contributed by atoms with E-state index in [1.807, 2.05) is 34.9 Å². The first-order valence-corrected chi connectivity index (χ1v) is 9.76. The van der Waals surface area contributed by atoms with Gasteiger partial charge in [0.05, 0.1) is 30.8 Å². The SMILES string of the molecule is COc1ccc(CN2C(=O)NCC2(O)CC2CNC(=O)c3ccc(Br)n32)cc1. The fourth-order valence-electron chi connectivity index (χ4n) is 3.82. The third kappa shape index (κ3) is 3.24. The third-order valence-electron chi connectivity index (χ3n) is 5.30. The number of aliphatic hydroxyl groups is 1. The van der Waals surface area contributed by atoms with Crippen LogP contribution in [0, 0.1) is 0 Å². The highest BCUT2D eigenvalue weighted by atomic mass is 79.9. The van der Waals surface area contributed by atoms with Gasteiger partial charge in [0, 0.05) is 13.0 Å². The highest BCUT2D eigenvalue weighted by molar-refractivity contribution is 9.10. The average Bonchev–Trinajstić information content (AvgIpc) is 3.21. The first-order chi connectivity index (χ1) is 13.4. The summed E-state index contributed by atoms with van der Waals surface area (Å²) in [5, 5.41) is 16.9. The van der Waals surface area contributed by atoms with Gasteiger partial charge in [-0.05, 0) is 45.8 Å². The Labute approximate surface area is 170 Å². The van der Waals surface area contributed by atoms with E-state index in [1.165, 1.54) is 4.90 Å². The van der Waals surface area contributed by atoms with Gasteiger partial charge in [0.25, 0.3) is 5.91 Å². The number of aromatic nitrogens is 1. The Balaban J connectivity index is 1.57. The molecule has 1 saturated heterocycles. The van der Waals surface area contributed by atoms with Crippen molar-refractivity contribution in [2.75, 3.05) is 20.2 Å². The van der Waals surface area contributed by atoms with Crippen LogP contribution in [0.1, 0.15) is 28.5 Å². The second-order valence-corrected chi connectivity index (χ2v) is 7.87. The van der Waals surface area contributed by atoms with Crippen LogP contribution >= 0.6 is 15.9 Å². The number of halogens is 1. The molecule has 2 aliphatic rings. The zero-order valence-corrected chi connectivity index (χ0v) is 16.9. The first kappa shape index (κ1) is 18.8. The van der Waals surface area contributed by atoms with Gasteiger partial charge >= 0.3 is 6.03 Å². The van der Waals surface area contributed by atoms with E-state index in [0.29, 0.717) is 12.2 Å². The van der Waals surface area contributed by atoms with Crippen LogP contribution in [0.15, 0.2) is 41.0 Å². The topological polar surface area (TPSA) is 95.8 Å². The molecule has 0 bridgehead atoms. The van der Waals surface area contributed by atoms with Crippen molar-refractivity contribution in [1.29, 1.82) is 0 Å². The Bertz CT molecular complexity index is 913. The summed E-state index contributed by atoms with van der Waals surface area (Å²) >= 11 is 3.47. The van der Waals surface area contributed by atoms with Gasteiger partial charge < -0.3 is 25.0 Å². The lowest BCUT2D eigenvalue weighted by molar-refractivity contribution is -0.0737. The molecule has 2 aliphatic heterocycles. The minimum absolute atomic E-state index is 0.126. The number of hydrogen-bond acceptors (Lipinski definition) is 4. The molecule has 3 heterocycles. The first-order valence-electron chi connectivity index (χ1n) is 8.97. The van der Waals surface area contributed by atoms with Crippen molar-refractivity contribution in [3.8, 4) is 5.75 Å². The molecular weight excluding hydrogens is 428 g/mol. The van der Waals surface area contributed by atoms with Gasteiger partial charge in [-0.15, -0.1) is 0 Å². The Morgan fingerprint density at radius 2 is 1.96 bits per heavy atom. The van der Waals surface area contributed by atoms with Gasteiger partial charge in [0.15, 0.2) is 5.72 Å². The highest BCUT2D eigenvalue weighted by Crippen LogP contribution is 2.34. The number of carbonyl (C=O) groups is 2. The largest absolute Gasteiger partial charge is 0.497 e. The molecule has 8 nitrogen and oxygen atoms in total. The monoisotopic (exact) mass is 448 g/mol. The zero-order valence-electron chi connectivity index (χ0n) is 15.3. The number of methoxy groups -OCH3 is 1. The van der Waals surface area contributed by atoms with E-state index < -0.39 is 5.72 Å². The number of urea groups is 1. The Hall–Kier alpha value is -2.52. The molecule has 3 N–H and O–H groups in total. The number of nitrogens with zero attached hydrogens (tertiary/aromatic N) is 2. The maximum Gasteiger partial charge on any atom is 0.320 e. The molecule has 9 heteroatoms. The van der Waals surface area contributed by atoms with Crippen molar-refractivity contribution >= 4 is 27.9 Å². The summed E-state index contributed by atoms with van der Waals surface area (Å²) in [7, 11) is 1.60. The lowest BCUT2D eigenvalue weighted by atomic mass is 10.00. The van der Waals surface area contributed by atoms with E-state index in [1.54, 1.807) is 13.2 Å². The molecule has 0 aliphatic carbocycles. The standard InChI is InChI=1S/C19H21BrN4O4/c1-28-14-4-2-12(3-5-14)10-23-18(26)22-11-19(23,27)8-13-9-21-17(25)15-6-7-16(20)24(13)15/h2-7,13,27H,8-11H2,1H3,(H,21,25)(H,22,26). The number of benzene rings is 1. The van der Waals surface area contributed by atoms with Crippen molar-refractivity contribution < 1.29 is 19.4 Å². The van der Waals surface area contributed by atoms with Gasteiger partial charge in [-0.3, -0.25) is 9.69 Å². The minimum atomic E-state index is -1.37. The van der Waals surface area contributed by atoms with Crippen LogP contribution in [0.2, 0.25) is 0 Å². The van der Waals surface area contributed by atoms with Gasteiger partial charge in [0.2, 0.25) is 0 Å². The number of rotatable bonds is 5. The van der Waals surface area contributed by atoms with Crippen LogP contribution in [0.3, 0.4) is 0 Å². The summed E-state index contributed by atoms with van der Waals surface area (Å²) in [6.07, 6.45) is 0.280. The van der Waals surface area contributed by atoms with Crippen molar-refractivity contribution in [2.45, 2.75) is 24.7 Å². The number of β-amino-alcohol motifs (C(OH)–C–C–N with tert-alkyl or cyclic N) is 1. The highest BCUT2D eigenvalue weighted by Gasteiger charge is 2.46. The molecule has 1 fully saturated rings. The second kappa shape index (κ2) is 7.14. The van der Waals surface area contributed by atoms with Crippen molar-refractivity contribution in [2.24, 2.45) is 0 Å². The minimum Gasteiger partial charge on any atom is -0.497 e. The van der Waals surface area contributed by atoms with Gasteiger partial charge in [-0.25, -0.2) is 4.79 Å². The summed E-state index contributed by atoms with van der Waals surface area (Å²) in [5.74, 6) is 0.581. The lowest BCUT2D eigenvalue weighted by Gasteiger charge is -2.37. The number of amides is 3. The average molecular weight is 449 g/mol. The van der Waals surface area contributed by atoms with E-state index in [-0.39, 0.29) is 37.5 Å². The Morgan fingerprint density at radius 1 is 1.21 bits per heavy atom. The molecule has 28 heavy (non-hydrogen) atoms. The summed E-state index contributed by atoms with van der Waals surface area (Å²) in [4.78, 5) is 25.9. The van der Waals surface area contributed by atoms with Crippen molar-refractivity contribution in [3.63, 3.8) is 0 Å². The smallest absolute Gasteiger partial charge is 0.320 e. The number of hydrogen-bond donors (Lipinski definition) is 3. The molecule has 3 amide bonds. The summed E-state index contributed by atoms with van der Waals surface area (Å²) in [6.45, 7) is 0.776. The van der Waals surface area contributed by atoms with Crippen molar-refractivity contribution in [3.05, 3.63) is 52.3 Å². The lowest BCUT2D eigenvalue weighted by Crippen LogP contribution is -2.50. The second-order valence-electron chi connectivity index (χ2n) is 7.05. The summed E-state index contributed by atoms with van der Waals surface area (Å²) in [5.41, 5.74) is 0.0480.